The summed E-state index contributed by atoms with van der Waals surface area (Å²) in [4.78, 5) is 15.7. The zero-order valence-electron chi connectivity index (χ0n) is 24.5. The van der Waals surface area contributed by atoms with E-state index in [4.69, 9.17) is 4.74 Å². The van der Waals surface area contributed by atoms with Gasteiger partial charge in [0.05, 0.1) is 23.3 Å². The number of likely N-dealkylation sites (tertiary alicyclic amines) is 1. The fraction of sp³-hybridized carbons (Fsp3) is 0.567. The Morgan fingerprint density at radius 1 is 1.15 bits per heavy atom. The number of carbonyl (C=O) groups is 1. The molecule has 0 radical (unpaired) electrons. The Bertz CT molecular complexity index is 1370. The van der Waals surface area contributed by atoms with Crippen molar-refractivity contribution in [3.8, 4) is 5.75 Å². The number of nitrogens with zero attached hydrogens (tertiary/aromatic N) is 4. The van der Waals surface area contributed by atoms with Crippen LogP contribution in [0.3, 0.4) is 0 Å². The average Bonchev–Trinajstić information content (AvgIpc) is 3.29. The summed E-state index contributed by atoms with van der Waals surface area (Å²) in [6.07, 6.45) is 0.252. The predicted molar refractivity (Wildman–Crippen MR) is 150 cm³/mol. The largest absolute Gasteiger partial charge is 0.492 e. The summed E-state index contributed by atoms with van der Waals surface area (Å²) < 4.78 is 64.5. The first-order valence-corrected chi connectivity index (χ1v) is 13.9. The zero-order chi connectivity index (χ0) is 30.1. The fourth-order valence-electron chi connectivity index (χ4n) is 4.99. The molecule has 0 amide bonds. The van der Waals surface area contributed by atoms with Crippen LogP contribution in [0.1, 0.15) is 63.0 Å². The quantitative estimate of drug-likeness (QED) is 0.234. The molecule has 41 heavy (non-hydrogen) atoms. The number of hydrogen-bond acceptors (Lipinski definition) is 6. The van der Waals surface area contributed by atoms with Crippen LogP contribution in [0, 0.1) is 17.6 Å². The molecule has 3 aromatic rings. The molecule has 0 spiro atoms. The van der Waals surface area contributed by atoms with Gasteiger partial charge in [-0.15, -0.1) is 5.10 Å². The van der Waals surface area contributed by atoms with E-state index in [0.29, 0.717) is 36.2 Å². The van der Waals surface area contributed by atoms with Crippen molar-refractivity contribution in [1.29, 1.82) is 0 Å². The highest BCUT2D eigenvalue weighted by molar-refractivity contribution is 6.12. The minimum absolute atomic E-state index is 0.0328. The number of ether oxygens (including phenoxy) is 1. The van der Waals surface area contributed by atoms with Gasteiger partial charge in [-0.05, 0) is 65.7 Å². The van der Waals surface area contributed by atoms with E-state index in [2.05, 4.69) is 15.6 Å². The number of aromatic nitrogens is 3. The number of carbonyl (C=O) groups excluding carboxylic acids is 1. The first-order valence-electron chi connectivity index (χ1n) is 13.9. The molecular formula is C30H39F4N5O2. The van der Waals surface area contributed by atoms with E-state index in [1.807, 2.05) is 32.6 Å². The molecule has 224 valence electrons. The van der Waals surface area contributed by atoms with Gasteiger partial charge in [-0.1, -0.05) is 5.21 Å². The lowest BCUT2D eigenvalue weighted by atomic mass is 9.92. The molecule has 1 unspecified atom stereocenters. The van der Waals surface area contributed by atoms with E-state index >= 15 is 8.78 Å². The van der Waals surface area contributed by atoms with Crippen LogP contribution >= 0.6 is 0 Å². The van der Waals surface area contributed by atoms with Crippen LogP contribution < -0.4 is 10.1 Å². The second kappa shape index (κ2) is 12.1. The fourth-order valence-corrected chi connectivity index (χ4v) is 4.99. The molecule has 1 N–H and O–H groups in total. The van der Waals surface area contributed by atoms with E-state index < -0.39 is 34.2 Å². The van der Waals surface area contributed by atoms with Crippen molar-refractivity contribution in [2.24, 2.45) is 5.92 Å². The maximum atomic E-state index is 15.2. The number of fused-ring (bicyclic) bond motifs is 1. The topological polar surface area (TPSA) is 72.3 Å². The Kier molecular flexibility index (Phi) is 9.08. The van der Waals surface area contributed by atoms with Crippen molar-refractivity contribution in [2.45, 2.75) is 65.2 Å². The van der Waals surface area contributed by atoms with E-state index in [-0.39, 0.29) is 49.5 Å². The van der Waals surface area contributed by atoms with E-state index in [1.54, 1.807) is 16.8 Å². The Hall–Kier alpha value is -3.05. The summed E-state index contributed by atoms with van der Waals surface area (Å²) >= 11 is 0. The lowest BCUT2D eigenvalue weighted by Gasteiger charge is -2.37. The third-order valence-corrected chi connectivity index (χ3v) is 7.15. The summed E-state index contributed by atoms with van der Waals surface area (Å²) in [6, 6.07) is 4.94. The second-order valence-electron chi connectivity index (χ2n) is 12.6. The Balaban J connectivity index is 1.62. The van der Waals surface area contributed by atoms with Crippen LogP contribution in [0.25, 0.3) is 11.0 Å². The molecule has 1 atom stereocenters. The Morgan fingerprint density at radius 2 is 1.80 bits per heavy atom. The van der Waals surface area contributed by atoms with Crippen molar-refractivity contribution in [3.63, 3.8) is 0 Å². The van der Waals surface area contributed by atoms with Gasteiger partial charge in [0.15, 0.2) is 5.78 Å². The highest BCUT2D eigenvalue weighted by atomic mass is 19.1. The van der Waals surface area contributed by atoms with Crippen LogP contribution in [0.2, 0.25) is 0 Å². The average molecular weight is 578 g/mol. The van der Waals surface area contributed by atoms with E-state index in [9.17, 15) is 13.6 Å². The first-order chi connectivity index (χ1) is 19.2. The van der Waals surface area contributed by atoms with E-state index in [0.717, 1.165) is 12.1 Å². The molecule has 1 aliphatic heterocycles. The molecule has 1 aromatic heterocycles. The summed E-state index contributed by atoms with van der Waals surface area (Å²) in [7, 11) is 0. The van der Waals surface area contributed by atoms with Crippen molar-refractivity contribution in [1.82, 2.24) is 25.2 Å². The van der Waals surface area contributed by atoms with Crippen molar-refractivity contribution >= 4 is 16.8 Å². The number of benzene rings is 2. The van der Waals surface area contributed by atoms with Crippen LogP contribution in [0.5, 0.6) is 5.75 Å². The van der Waals surface area contributed by atoms with Gasteiger partial charge < -0.3 is 10.1 Å². The Labute approximate surface area is 238 Å². The normalized spacial score (nSPS) is 15.8. The van der Waals surface area contributed by atoms with Crippen LogP contribution in [0.4, 0.5) is 17.6 Å². The lowest BCUT2D eigenvalue weighted by Crippen LogP contribution is -2.49. The van der Waals surface area contributed by atoms with Gasteiger partial charge in [-0.3, -0.25) is 14.1 Å². The maximum absolute atomic E-state index is 15.2. The SMILES string of the molecule is CC(Cc1c(C(=O)c2c(F)cc(OCCN3CC(CF)C3)cc2F)ccc2c1nnn2C(C)(C)C)NCC(C)(C)F. The Morgan fingerprint density at radius 3 is 2.39 bits per heavy atom. The number of rotatable bonds is 12. The summed E-state index contributed by atoms with van der Waals surface area (Å²) in [6.45, 7) is 12.3. The van der Waals surface area contributed by atoms with Gasteiger partial charge in [-0.25, -0.2) is 17.9 Å². The van der Waals surface area contributed by atoms with Gasteiger partial charge in [0.1, 0.15) is 35.2 Å². The standard InChI is InChI=1S/C30H39F4N5O2/c1-18(35-17-30(5,6)34)11-22-21(7-8-25-27(22)36-37-39(25)29(2,3)4)28(40)26-23(32)12-20(13-24(26)33)41-10-9-38-15-19(14-31)16-38/h7-8,12-13,18-19,35H,9-11,14-17H2,1-6H3. The monoisotopic (exact) mass is 577 g/mol. The van der Waals surface area contributed by atoms with Crippen molar-refractivity contribution in [3.05, 3.63) is 52.6 Å². The summed E-state index contributed by atoms with van der Waals surface area (Å²) in [5.41, 5.74) is -0.861. The van der Waals surface area contributed by atoms with Gasteiger partial charge >= 0.3 is 0 Å². The molecule has 1 fully saturated rings. The van der Waals surface area contributed by atoms with Crippen LogP contribution in [0.15, 0.2) is 24.3 Å². The molecule has 11 heteroatoms. The molecule has 1 saturated heterocycles. The number of alkyl halides is 2. The van der Waals surface area contributed by atoms with Gasteiger partial charge in [-0.2, -0.15) is 0 Å². The minimum Gasteiger partial charge on any atom is -0.492 e. The number of nitrogens with one attached hydrogen (secondary N) is 1. The number of halogens is 4. The minimum atomic E-state index is -1.45. The molecule has 2 heterocycles. The highest BCUT2D eigenvalue weighted by Gasteiger charge is 2.29. The van der Waals surface area contributed by atoms with E-state index in [1.165, 1.54) is 13.8 Å². The summed E-state index contributed by atoms with van der Waals surface area (Å²) in [5, 5.41) is 11.7. The third-order valence-electron chi connectivity index (χ3n) is 7.15. The number of ketones is 1. The lowest BCUT2D eigenvalue weighted by molar-refractivity contribution is 0.0667. The van der Waals surface area contributed by atoms with Gasteiger partial charge in [0.2, 0.25) is 0 Å². The van der Waals surface area contributed by atoms with Crippen LogP contribution in [-0.2, 0) is 12.0 Å². The number of hydrogen-bond donors (Lipinski definition) is 1. The predicted octanol–water partition coefficient (Wildman–Crippen LogP) is 5.24. The molecule has 0 bridgehead atoms. The first kappa shape index (κ1) is 30.9. The molecule has 7 nitrogen and oxygen atoms in total. The zero-order valence-corrected chi connectivity index (χ0v) is 24.5. The molecule has 1 aliphatic rings. The molecule has 0 saturated carbocycles. The molecule has 2 aromatic carbocycles. The molecular weight excluding hydrogens is 538 g/mol. The highest BCUT2D eigenvalue weighted by Crippen LogP contribution is 2.30. The molecule has 0 aliphatic carbocycles. The smallest absolute Gasteiger partial charge is 0.199 e. The van der Waals surface area contributed by atoms with Gasteiger partial charge in [0, 0.05) is 55.8 Å². The maximum Gasteiger partial charge on any atom is 0.199 e. The third kappa shape index (κ3) is 7.24. The van der Waals surface area contributed by atoms with Gasteiger partial charge in [0.25, 0.3) is 0 Å². The summed E-state index contributed by atoms with van der Waals surface area (Å²) in [5.74, 6) is -2.91. The molecule has 4 rings (SSSR count). The van der Waals surface area contributed by atoms with Crippen LogP contribution in [-0.4, -0.2) is 76.8 Å². The van der Waals surface area contributed by atoms with Crippen molar-refractivity contribution < 1.29 is 27.1 Å². The van der Waals surface area contributed by atoms with Crippen molar-refractivity contribution in [2.75, 3.05) is 39.5 Å². The second-order valence-corrected chi connectivity index (χ2v) is 12.6.